The number of aliphatic hydroxyl groups is 1. The molecule has 2 heteroatoms. The van der Waals surface area contributed by atoms with E-state index in [0.717, 1.165) is 30.6 Å². The standard InChI is InChI=1S/C14H20O2/c1-10-7-12(3)13(8-11(10)2)14(15)5-4-6-16-9-14/h7-8,15H,4-6,9H2,1-3H3. The first-order valence-electron chi connectivity index (χ1n) is 5.91. The molecule has 1 atom stereocenters. The van der Waals surface area contributed by atoms with Gasteiger partial charge < -0.3 is 9.84 Å². The second-order valence-electron chi connectivity index (χ2n) is 4.94. The van der Waals surface area contributed by atoms with Crippen molar-refractivity contribution in [2.75, 3.05) is 13.2 Å². The Kier molecular flexibility index (Phi) is 3.04. The fourth-order valence-electron chi connectivity index (χ4n) is 2.45. The first-order valence-corrected chi connectivity index (χ1v) is 5.91. The van der Waals surface area contributed by atoms with Crippen molar-refractivity contribution in [1.82, 2.24) is 0 Å². The van der Waals surface area contributed by atoms with Crippen LogP contribution < -0.4 is 0 Å². The summed E-state index contributed by atoms with van der Waals surface area (Å²) in [4.78, 5) is 0. The van der Waals surface area contributed by atoms with E-state index < -0.39 is 5.60 Å². The molecule has 88 valence electrons. The molecule has 1 fully saturated rings. The molecule has 1 N–H and O–H groups in total. The second-order valence-corrected chi connectivity index (χ2v) is 4.94. The highest BCUT2D eigenvalue weighted by Crippen LogP contribution is 2.33. The first-order chi connectivity index (χ1) is 7.53. The van der Waals surface area contributed by atoms with Gasteiger partial charge in [-0.3, -0.25) is 0 Å². The Morgan fingerprint density at radius 1 is 1.12 bits per heavy atom. The number of benzene rings is 1. The van der Waals surface area contributed by atoms with Crippen molar-refractivity contribution < 1.29 is 9.84 Å². The molecule has 1 saturated heterocycles. The molecule has 2 nitrogen and oxygen atoms in total. The van der Waals surface area contributed by atoms with Gasteiger partial charge in [0.15, 0.2) is 0 Å². The van der Waals surface area contributed by atoms with Crippen molar-refractivity contribution in [3.8, 4) is 0 Å². The van der Waals surface area contributed by atoms with E-state index in [2.05, 4.69) is 32.9 Å². The van der Waals surface area contributed by atoms with Crippen molar-refractivity contribution in [3.63, 3.8) is 0 Å². The Labute approximate surface area is 97.3 Å². The van der Waals surface area contributed by atoms with Crippen molar-refractivity contribution in [3.05, 3.63) is 34.4 Å². The third-order valence-electron chi connectivity index (χ3n) is 3.56. The van der Waals surface area contributed by atoms with Gasteiger partial charge in [0.25, 0.3) is 0 Å². The maximum atomic E-state index is 10.6. The summed E-state index contributed by atoms with van der Waals surface area (Å²) < 4.78 is 5.41. The van der Waals surface area contributed by atoms with Crippen LogP contribution in [0, 0.1) is 20.8 Å². The lowest BCUT2D eigenvalue weighted by atomic mass is 9.84. The summed E-state index contributed by atoms with van der Waals surface area (Å²) in [5.74, 6) is 0. The zero-order valence-electron chi connectivity index (χ0n) is 10.3. The lowest BCUT2D eigenvalue weighted by Crippen LogP contribution is -2.36. The minimum atomic E-state index is -0.777. The van der Waals surface area contributed by atoms with E-state index in [1.165, 1.54) is 11.1 Å². The molecule has 1 aliphatic heterocycles. The van der Waals surface area contributed by atoms with Gasteiger partial charge in [-0.2, -0.15) is 0 Å². The fraction of sp³-hybridized carbons (Fsp3) is 0.571. The Bertz CT molecular complexity index is 390. The lowest BCUT2D eigenvalue weighted by Gasteiger charge is -2.34. The SMILES string of the molecule is Cc1cc(C)c(C2(O)CCCOC2)cc1C. The molecule has 1 unspecified atom stereocenters. The minimum Gasteiger partial charge on any atom is -0.383 e. The molecule has 0 radical (unpaired) electrons. The molecule has 16 heavy (non-hydrogen) atoms. The highest BCUT2D eigenvalue weighted by molar-refractivity contribution is 5.40. The Morgan fingerprint density at radius 3 is 2.44 bits per heavy atom. The monoisotopic (exact) mass is 220 g/mol. The average Bonchev–Trinajstić information content (AvgIpc) is 2.24. The quantitative estimate of drug-likeness (QED) is 0.788. The predicted octanol–water partition coefficient (Wildman–Crippen LogP) is 2.61. The molecule has 2 rings (SSSR count). The summed E-state index contributed by atoms with van der Waals surface area (Å²) in [5, 5.41) is 10.6. The van der Waals surface area contributed by atoms with Crippen LogP contribution in [0.25, 0.3) is 0 Å². The van der Waals surface area contributed by atoms with Crippen LogP contribution in [0.5, 0.6) is 0 Å². The Balaban J connectivity index is 2.42. The van der Waals surface area contributed by atoms with E-state index in [1.54, 1.807) is 0 Å². The van der Waals surface area contributed by atoms with Crippen molar-refractivity contribution in [2.24, 2.45) is 0 Å². The molecule has 0 amide bonds. The van der Waals surface area contributed by atoms with Crippen LogP contribution in [0.15, 0.2) is 12.1 Å². The number of rotatable bonds is 1. The molecule has 0 bridgehead atoms. The molecule has 0 aromatic heterocycles. The van der Waals surface area contributed by atoms with Crippen LogP contribution in [0.4, 0.5) is 0 Å². The third kappa shape index (κ3) is 2.00. The summed E-state index contributed by atoms with van der Waals surface area (Å²) in [6, 6.07) is 4.26. The van der Waals surface area contributed by atoms with E-state index in [1.807, 2.05) is 0 Å². The summed E-state index contributed by atoms with van der Waals surface area (Å²) in [6.45, 7) is 7.45. The molecule has 0 spiro atoms. The van der Waals surface area contributed by atoms with Gasteiger partial charge in [0, 0.05) is 6.61 Å². The van der Waals surface area contributed by atoms with Crippen LogP contribution >= 0.6 is 0 Å². The highest BCUT2D eigenvalue weighted by Gasteiger charge is 2.33. The first kappa shape index (κ1) is 11.6. The van der Waals surface area contributed by atoms with Gasteiger partial charge >= 0.3 is 0 Å². The summed E-state index contributed by atoms with van der Waals surface area (Å²) in [7, 11) is 0. The molecule has 1 aromatic carbocycles. The predicted molar refractivity (Wildman–Crippen MR) is 64.6 cm³/mol. The topological polar surface area (TPSA) is 29.5 Å². The Morgan fingerprint density at radius 2 is 1.81 bits per heavy atom. The zero-order chi connectivity index (χ0) is 11.8. The second kappa shape index (κ2) is 4.19. The molecular formula is C14H20O2. The molecule has 0 saturated carbocycles. The maximum Gasteiger partial charge on any atom is 0.113 e. The van der Waals surface area contributed by atoms with Crippen LogP contribution in [0.1, 0.15) is 35.1 Å². The highest BCUT2D eigenvalue weighted by atomic mass is 16.5. The maximum absolute atomic E-state index is 10.6. The van der Waals surface area contributed by atoms with Crippen molar-refractivity contribution >= 4 is 0 Å². The van der Waals surface area contributed by atoms with Crippen molar-refractivity contribution in [1.29, 1.82) is 0 Å². The fourth-order valence-corrected chi connectivity index (χ4v) is 2.45. The van der Waals surface area contributed by atoms with E-state index in [4.69, 9.17) is 4.74 Å². The summed E-state index contributed by atoms with van der Waals surface area (Å²) >= 11 is 0. The lowest BCUT2D eigenvalue weighted by molar-refractivity contribution is -0.0906. The van der Waals surface area contributed by atoms with Crippen molar-refractivity contribution in [2.45, 2.75) is 39.2 Å². The largest absolute Gasteiger partial charge is 0.383 e. The van der Waals surface area contributed by atoms with Crippen LogP contribution in [-0.4, -0.2) is 18.3 Å². The Hall–Kier alpha value is -0.860. The summed E-state index contributed by atoms with van der Waals surface area (Å²) in [6.07, 6.45) is 1.74. The van der Waals surface area contributed by atoms with E-state index in [9.17, 15) is 5.11 Å². The zero-order valence-corrected chi connectivity index (χ0v) is 10.3. The normalized spacial score (nSPS) is 25.8. The van der Waals surface area contributed by atoms with E-state index in [0.29, 0.717) is 6.61 Å². The van der Waals surface area contributed by atoms with Gasteiger partial charge in [-0.1, -0.05) is 12.1 Å². The van der Waals surface area contributed by atoms with Crippen LogP contribution in [-0.2, 0) is 10.3 Å². The van der Waals surface area contributed by atoms with E-state index >= 15 is 0 Å². The third-order valence-corrected chi connectivity index (χ3v) is 3.56. The average molecular weight is 220 g/mol. The number of ether oxygens (including phenoxy) is 1. The molecule has 1 heterocycles. The molecule has 1 aromatic rings. The van der Waals surface area contributed by atoms with Crippen LogP contribution in [0.2, 0.25) is 0 Å². The van der Waals surface area contributed by atoms with Gasteiger partial charge in [0.05, 0.1) is 6.61 Å². The minimum absolute atomic E-state index is 0.427. The molecule has 1 aliphatic rings. The van der Waals surface area contributed by atoms with Gasteiger partial charge in [-0.25, -0.2) is 0 Å². The van der Waals surface area contributed by atoms with Gasteiger partial charge in [0.2, 0.25) is 0 Å². The number of aryl methyl sites for hydroxylation is 3. The smallest absolute Gasteiger partial charge is 0.113 e. The van der Waals surface area contributed by atoms with E-state index in [-0.39, 0.29) is 0 Å². The van der Waals surface area contributed by atoms with Gasteiger partial charge in [0.1, 0.15) is 5.60 Å². The van der Waals surface area contributed by atoms with Crippen LogP contribution in [0.3, 0.4) is 0 Å². The molecule has 0 aliphatic carbocycles. The number of hydrogen-bond donors (Lipinski definition) is 1. The molecular weight excluding hydrogens is 200 g/mol. The van der Waals surface area contributed by atoms with Gasteiger partial charge in [-0.15, -0.1) is 0 Å². The summed E-state index contributed by atoms with van der Waals surface area (Å²) in [5.41, 5.74) is 3.94. The number of hydrogen-bond acceptors (Lipinski definition) is 2. The van der Waals surface area contributed by atoms with Gasteiger partial charge in [-0.05, 0) is 55.9 Å².